The highest BCUT2D eigenvalue weighted by molar-refractivity contribution is 8.14. The van der Waals surface area contributed by atoms with Crippen LogP contribution in [0.3, 0.4) is 0 Å². The number of benzene rings is 2. The van der Waals surface area contributed by atoms with Gasteiger partial charge < -0.3 is 9.84 Å². The number of allylic oxidation sites excluding steroid dienone is 4. The van der Waals surface area contributed by atoms with Crippen molar-refractivity contribution in [2.24, 2.45) is 22.7 Å². The first-order chi connectivity index (χ1) is 20.5. The monoisotopic (exact) mass is 640 g/mol. The van der Waals surface area contributed by atoms with Crippen LogP contribution in [0.25, 0.3) is 0 Å². The number of fused-ring (bicyclic) bond motifs is 5. The summed E-state index contributed by atoms with van der Waals surface area (Å²) in [5.41, 5.74) is -4.79. The van der Waals surface area contributed by atoms with E-state index in [-0.39, 0.29) is 41.3 Å². The highest BCUT2D eigenvalue weighted by Crippen LogP contribution is 2.70. The molecule has 0 spiro atoms. The number of carbonyl (C=O) groups is 3. The summed E-state index contributed by atoms with van der Waals surface area (Å²) in [5, 5.41) is 11.3. The Morgan fingerprint density at radius 3 is 2.47 bits per heavy atom. The van der Waals surface area contributed by atoms with Gasteiger partial charge in [-0.25, -0.2) is 9.18 Å². The van der Waals surface area contributed by atoms with Crippen LogP contribution < -0.4 is 0 Å². The van der Waals surface area contributed by atoms with Crippen LogP contribution in [0, 0.1) is 22.7 Å². The molecule has 7 atom stereocenters. The lowest BCUT2D eigenvalue weighted by Crippen LogP contribution is -2.69. The molecule has 43 heavy (non-hydrogen) atoms. The van der Waals surface area contributed by atoms with Crippen LogP contribution in [-0.4, -0.2) is 44.6 Å². The number of alkyl halides is 2. The van der Waals surface area contributed by atoms with E-state index in [1.165, 1.54) is 6.08 Å². The molecule has 0 radical (unpaired) electrons. The predicted molar refractivity (Wildman–Crippen MR) is 167 cm³/mol. The van der Waals surface area contributed by atoms with Crippen LogP contribution in [0.5, 0.6) is 0 Å². The fraction of sp³-hybridized carbons (Fsp3) is 0.441. The van der Waals surface area contributed by atoms with Crippen LogP contribution in [0.1, 0.15) is 56.3 Å². The summed E-state index contributed by atoms with van der Waals surface area (Å²) in [5.74, 6) is -1.70. The molecule has 0 saturated heterocycles. The van der Waals surface area contributed by atoms with Crippen LogP contribution in [0.4, 0.5) is 4.39 Å². The minimum Gasteiger partial charge on any atom is -0.446 e. The number of halogens is 2. The molecule has 2 saturated carbocycles. The topological polar surface area (TPSA) is 80.7 Å². The molecule has 0 amide bonds. The fourth-order valence-corrected chi connectivity index (χ4v) is 10.2. The largest absolute Gasteiger partial charge is 0.446 e. The molecule has 4 aliphatic rings. The van der Waals surface area contributed by atoms with Gasteiger partial charge in [0.25, 0.3) is 0 Å². The Balaban J connectivity index is 1.32. The van der Waals surface area contributed by atoms with Gasteiger partial charge in [0.2, 0.25) is 5.12 Å². The molecule has 0 aliphatic heterocycles. The number of hydrogen-bond acceptors (Lipinski definition) is 7. The summed E-state index contributed by atoms with van der Waals surface area (Å²) in [6.45, 7) is 3.62. The molecule has 226 valence electrons. The lowest BCUT2D eigenvalue weighted by Gasteiger charge is -2.62. The van der Waals surface area contributed by atoms with E-state index in [0.29, 0.717) is 24.0 Å². The van der Waals surface area contributed by atoms with Gasteiger partial charge in [-0.05, 0) is 81.0 Å². The normalized spacial score (nSPS) is 36.3. The molecule has 4 aliphatic carbocycles. The van der Waals surface area contributed by atoms with Gasteiger partial charge in [0.05, 0.1) is 16.9 Å². The van der Waals surface area contributed by atoms with E-state index >= 15 is 4.39 Å². The number of ether oxygens (including phenoxy) is 1. The van der Waals surface area contributed by atoms with Crippen molar-refractivity contribution in [2.45, 2.75) is 73.1 Å². The number of carbonyl (C=O) groups excluding carboxylic acids is 3. The van der Waals surface area contributed by atoms with Gasteiger partial charge in [0.15, 0.2) is 17.1 Å². The Bertz CT molecular complexity index is 1510. The van der Waals surface area contributed by atoms with Crippen molar-refractivity contribution in [2.75, 3.05) is 5.21 Å². The third-order valence-electron chi connectivity index (χ3n) is 10.6. The molecule has 2 aromatic carbocycles. The Hall–Kier alpha value is -2.39. The first-order valence-electron chi connectivity index (χ1n) is 14.6. The SMILES string of the molecule is C[C@]12C=CC(=O)CC1=CC[C@H]1[C@@H]3CC[C@](OC(=O)c4ccc(Sc5ccccc5)cc4)(C(=O)SCCl)[C@@]3(C)C[C@H](O)[C@@]12F. The molecule has 5 nitrogen and oxygen atoms in total. The number of thioether (sulfide) groups is 1. The minimum atomic E-state index is -2.03. The Kier molecular flexibility index (Phi) is 7.98. The smallest absolute Gasteiger partial charge is 0.339 e. The van der Waals surface area contributed by atoms with Crippen molar-refractivity contribution in [3.63, 3.8) is 0 Å². The zero-order valence-electron chi connectivity index (χ0n) is 24.1. The van der Waals surface area contributed by atoms with E-state index in [1.54, 1.807) is 36.9 Å². The second kappa shape index (κ2) is 11.2. The summed E-state index contributed by atoms with van der Waals surface area (Å²) in [6, 6.07) is 16.9. The number of ketones is 1. The minimum absolute atomic E-state index is 0.0215. The third-order valence-corrected chi connectivity index (χ3v) is 12.6. The first-order valence-corrected chi connectivity index (χ1v) is 16.9. The molecule has 9 heteroatoms. The molecular weight excluding hydrogens is 607 g/mol. The summed E-state index contributed by atoms with van der Waals surface area (Å²) >= 11 is 8.46. The number of aliphatic hydroxyl groups excluding tert-OH is 1. The molecule has 0 bridgehead atoms. The zero-order valence-corrected chi connectivity index (χ0v) is 26.4. The van der Waals surface area contributed by atoms with Gasteiger partial charge in [-0.15, -0.1) is 11.6 Å². The highest BCUT2D eigenvalue weighted by atomic mass is 35.5. The summed E-state index contributed by atoms with van der Waals surface area (Å²) in [4.78, 5) is 41.8. The standard InChI is InChI=1S/C34H34ClFO5S2/c1-31-16-14-23(37)18-22(31)10-13-27-26-15-17-33(30(40)42-20-35,32(26,2)19-28(38)34(27,31)36)41-29(39)21-8-11-25(12-9-21)43-24-6-4-3-5-7-24/h3-12,14,16,26-28,38H,13,15,17-20H2,1-2H3/t26-,27-,28-,31-,32-,33-,34-/m0/s1. The molecule has 1 N–H and O–H groups in total. The predicted octanol–water partition coefficient (Wildman–Crippen LogP) is 7.56. The van der Waals surface area contributed by atoms with Crippen LogP contribution in [-0.2, 0) is 14.3 Å². The fourth-order valence-electron chi connectivity index (χ4n) is 8.32. The lowest BCUT2D eigenvalue weighted by atomic mass is 9.45. The maximum absolute atomic E-state index is 17.5. The summed E-state index contributed by atoms with van der Waals surface area (Å²) in [7, 11) is 0. The maximum Gasteiger partial charge on any atom is 0.339 e. The average Bonchev–Trinajstić information content (AvgIpc) is 3.27. The molecule has 0 heterocycles. The van der Waals surface area contributed by atoms with Crippen LogP contribution in [0.15, 0.2) is 88.2 Å². The number of rotatable bonds is 6. The van der Waals surface area contributed by atoms with E-state index in [0.717, 1.165) is 21.6 Å². The molecular formula is C34H34ClFO5S2. The van der Waals surface area contributed by atoms with Gasteiger partial charge in [0.1, 0.15) is 0 Å². The second-order valence-corrected chi connectivity index (χ2v) is 15.2. The Labute approximate surface area is 264 Å². The van der Waals surface area contributed by atoms with Crippen molar-refractivity contribution in [1.29, 1.82) is 0 Å². The van der Waals surface area contributed by atoms with E-state index in [9.17, 15) is 19.5 Å². The Morgan fingerprint density at radius 1 is 1.07 bits per heavy atom. The van der Waals surface area contributed by atoms with Crippen LogP contribution in [0.2, 0.25) is 0 Å². The van der Waals surface area contributed by atoms with E-state index in [1.807, 2.05) is 55.5 Å². The average molecular weight is 641 g/mol. The number of hydrogen-bond donors (Lipinski definition) is 1. The zero-order chi connectivity index (χ0) is 30.6. The molecule has 0 aromatic heterocycles. The molecule has 6 rings (SSSR count). The van der Waals surface area contributed by atoms with Crippen molar-refractivity contribution >= 4 is 52.0 Å². The third kappa shape index (κ3) is 4.66. The van der Waals surface area contributed by atoms with Crippen molar-refractivity contribution in [3.8, 4) is 0 Å². The second-order valence-electron chi connectivity index (χ2n) is 12.5. The van der Waals surface area contributed by atoms with Gasteiger partial charge in [-0.2, -0.15) is 0 Å². The van der Waals surface area contributed by atoms with E-state index in [2.05, 4.69) is 0 Å². The van der Waals surface area contributed by atoms with Crippen molar-refractivity contribution in [3.05, 3.63) is 84.0 Å². The van der Waals surface area contributed by atoms with Crippen LogP contribution >= 0.6 is 35.1 Å². The van der Waals surface area contributed by atoms with Crippen molar-refractivity contribution in [1.82, 2.24) is 0 Å². The Morgan fingerprint density at radius 2 is 1.77 bits per heavy atom. The van der Waals surface area contributed by atoms with E-state index < -0.39 is 40.1 Å². The van der Waals surface area contributed by atoms with Crippen molar-refractivity contribution < 1.29 is 28.6 Å². The quantitative estimate of drug-likeness (QED) is 0.198. The van der Waals surface area contributed by atoms with E-state index in [4.69, 9.17) is 16.3 Å². The van der Waals surface area contributed by atoms with Gasteiger partial charge in [-0.1, -0.05) is 66.4 Å². The summed E-state index contributed by atoms with van der Waals surface area (Å²) < 4.78 is 23.8. The number of esters is 1. The summed E-state index contributed by atoms with van der Waals surface area (Å²) in [6.07, 6.45) is 4.61. The van der Waals surface area contributed by atoms with Gasteiger partial charge >= 0.3 is 5.97 Å². The molecule has 2 aromatic rings. The van der Waals surface area contributed by atoms with Gasteiger partial charge in [0, 0.05) is 33.0 Å². The maximum atomic E-state index is 17.5. The number of aliphatic hydroxyl groups is 1. The van der Waals surface area contributed by atoms with Gasteiger partial charge in [-0.3, -0.25) is 9.59 Å². The molecule has 2 fully saturated rings. The molecule has 0 unspecified atom stereocenters. The highest BCUT2D eigenvalue weighted by Gasteiger charge is 2.75. The lowest BCUT2D eigenvalue weighted by molar-refractivity contribution is -0.209. The first kappa shape index (κ1) is 30.6.